The van der Waals surface area contributed by atoms with E-state index in [9.17, 15) is 4.79 Å². The summed E-state index contributed by atoms with van der Waals surface area (Å²) in [6.07, 6.45) is 3.87. The molecule has 0 fully saturated rings. The van der Waals surface area contributed by atoms with Gasteiger partial charge in [0.25, 0.3) is 0 Å². The zero-order valence-corrected chi connectivity index (χ0v) is 10.4. The lowest BCUT2D eigenvalue weighted by molar-refractivity contribution is 0.0966. The highest BCUT2D eigenvalue weighted by Gasteiger charge is 2.10. The first kappa shape index (κ1) is 12.7. The minimum absolute atomic E-state index is 0.0947. The molecule has 0 radical (unpaired) electrons. The number of ketones is 1. The van der Waals surface area contributed by atoms with Crippen molar-refractivity contribution in [2.45, 2.75) is 40.2 Å². The molecule has 0 spiro atoms. The molecule has 1 rings (SSSR count). The van der Waals surface area contributed by atoms with Crippen LogP contribution in [0, 0.1) is 5.92 Å². The van der Waals surface area contributed by atoms with Gasteiger partial charge in [0, 0.05) is 18.2 Å². The highest BCUT2D eigenvalue weighted by molar-refractivity contribution is 5.96. The van der Waals surface area contributed by atoms with E-state index in [1.165, 1.54) is 0 Å². The lowest BCUT2D eigenvalue weighted by Crippen LogP contribution is -2.08. The maximum atomic E-state index is 11.8. The summed E-state index contributed by atoms with van der Waals surface area (Å²) < 4.78 is 5.50. The topological polar surface area (TPSA) is 39.2 Å². The van der Waals surface area contributed by atoms with Crippen molar-refractivity contribution in [1.82, 2.24) is 4.98 Å². The Kier molecular flexibility index (Phi) is 4.47. The molecule has 88 valence electrons. The summed E-state index contributed by atoms with van der Waals surface area (Å²) in [6.45, 7) is 7.95. The molecule has 1 aromatic heterocycles. The maximum Gasteiger partial charge on any atom is 0.164 e. The van der Waals surface area contributed by atoms with Crippen molar-refractivity contribution < 1.29 is 9.53 Å². The second kappa shape index (κ2) is 5.64. The Morgan fingerprint density at radius 1 is 1.31 bits per heavy atom. The molecule has 3 heteroatoms. The van der Waals surface area contributed by atoms with E-state index in [0.717, 1.165) is 0 Å². The van der Waals surface area contributed by atoms with E-state index in [1.807, 2.05) is 27.7 Å². The molecule has 16 heavy (non-hydrogen) atoms. The zero-order chi connectivity index (χ0) is 12.1. The minimum Gasteiger partial charge on any atom is -0.489 e. The molecule has 0 saturated carbocycles. The van der Waals surface area contributed by atoms with E-state index in [2.05, 4.69) is 4.98 Å². The standard InChI is InChI=1S/C13H19NO2/c1-9(2)5-13(15)11-6-12(8-14-7-11)16-10(3)4/h6-10H,5H2,1-4H3. The molecule has 0 unspecified atom stereocenters. The van der Waals surface area contributed by atoms with Crippen LogP contribution in [0.3, 0.4) is 0 Å². The van der Waals surface area contributed by atoms with Crippen LogP contribution >= 0.6 is 0 Å². The zero-order valence-electron chi connectivity index (χ0n) is 10.4. The number of carbonyl (C=O) groups excluding carboxylic acids is 1. The molecule has 1 heterocycles. The van der Waals surface area contributed by atoms with Crippen LogP contribution in [0.2, 0.25) is 0 Å². The molecule has 0 amide bonds. The predicted octanol–water partition coefficient (Wildman–Crippen LogP) is 3.10. The average molecular weight is 221 g/mol. The highest BCUT2D eigenvalue weighted by Crippen LogP contribution is 2.15. The van der Waals surface area contributed by atoms with Crippen molar-refractivity contribution in [2.75, 3.05) is 0 Å². The predicted molar refractivity (Wildman–Crippen MR) is 63.8 cm³/mol. The summed E-state index contributed by atoms with van der Waals surface area (Å²) in [4.78, 5) is 15.8. The van der Waals surface area contributed by atoms with Crippen molar-refractivity contribution in [3.05, 3.63) is 24.0 Å². The summed E-state index contributed by atoms with van der Waals surface area (Å²) in [7, 11) is 0. The number of nitrogens with zero attached hydrogens (tertiary/aromatic N) is 1. The highest BCUT2D eigenvalue weighted by atomic mass is 16.5. The molecule has 0 saturated heterocycles. The van der Waals surface area contributed by atoms with Crippen LogP contribution in [0.4, 0.5) is 0 Å². The van der Waals surface area contributed by atoms with Crippen LogP contribution in [0.15, 0.2) is 18.5 Å². The van der Waals surface area contributed by atoms with E-state index < -0.39 is 0 Å². The molecule has 0 aliphatic carbocycles. The summed E-state index contributed by atoms with van der Waals surface area (Å²) >= 11 is 0. The fraction of sp³-hybridized carbons (Fsp3) is 0.538. The Bertz CT molecular complexity index is 359. The monoisotopic (exact) mass is 221 g/mol. The molecule has 0 aromatic carbocycles. The van der Waals surface area contributed by atoms with Gasteiger partial charge in [0.15, 0.2) is 5.78 Å². The first-order chi connectivity index (χ1) is 7.49. The minimum atomic E-state index is 0.0947. The van der Waals surface area contributed by atoms with Gasteiger partial charge < -0.3 is 4.74 Å². The summed E-state index contributed by atoms with van der Waals surface area (Å²) in [6, 6.07) is 1.76. The molecule has 0 aliphatic heterocycles. The van der Waals surface area contributed by atoms with E-state index in [4.69, 9.17) is 4.74 Å². The molecular formula is C13H19NO2. The first-order valence-corrected chi connectivity index (χ1v) is 5.64. The Labute approximate surface area is 96.8 Å². The second-order valence-corrected chi connectivity index (χ2v) is 4.60. The van der Waals surface area contributed by atoms with Crippen molar-refractivity contribution in [1.29, 1.82) is 0 Å². The molecule has 3 nitrogen and oxygen atoms in total. The smallest absolute Gasteiger partial charge is 0.164 e. The average Bonchev–Trinajstić information content (AvgIpc) is 2.16. The third-order valence-corrected chi connectivity index (χ3v) is 2.00. The number of Topliss-reactive ketones (excluding diaryl/α,β-unsaturated/α-hetero) is 1. The molecule has 0 bridgehead atoms. The van der Waals surface area contributed by atoms with E-state index >= 15 is 0 Å². The molecule has 0 aliphatic rings. The molecule has 1 aromatic rings. The van der Waals surface area contributed by atoms with Crippen LogP contribution in [-0.2, 0) is 0 Å². The third-order valence-electron chi connectivity index (χ3n) is 2.00. The molecular weight excluding hydrogens is 202 g/mol. The summed E-state index contributed by atoms with van der Waals surface area (Å²) in [5.74, 6) is 1.14. The Hall–Kier alpha value is -1.38. The molecule has 0 N–H and O–H groups in total. The van der Waals surface area contributed by atoms with Gasteiger partial charge in [-0.1, -0.05) is 13.8 Å². The lowest BCUT2D eigenvalue weighted by atomic mass is 10.0. The number of carbonyl (C=O) groups is 1. The van der Waals surface area contributed by atoms with Crippen LogP contribution in [0.5, 0.6) is 5.75 Å². The first-order valence-electron chi connectivity index (χ1n) is 5.64. The normalized spacial score (nSPS) is 10.9. The van der Waals surface area contributed by atoms with Gasteiger partial charge in [0.1, 0.15) is 5.75 Å². The fourth-order valence-electron chi connectivity index (χ4n) is 1.40. The summed E-state index contributed by atoms with van der Waals surface area (Å²) in [5, 5.41) is 0. The summed E-state index contributed by atoms with van der Waals surface area (Å²) in [5.41, 5.74) is 0.631. The van der Waals surface area contributed by atoms with Gasteiger partial charge in [0.2, 0.25) is 0 Å². The van der Waals surface area contributed by atoms with Gasteiger partial charge in [-0.25, -0.2) is 0 Å². The van der Waals surface area contributed by atoms with Gasteiger partial charge >= 0.3 is 0 Å². The number of aromatic nitrogens is 1. The number of ether oxygens (including phenoxy) is 1. The van der Waals surface area contributed by atoms with E-state index in [-0.39, 0.29) is 11.9 Å². The van der Waals surface area contributed by atoms with Crippen molar-refractivity contribution in [3.8, 4) is 5.75 Å². The van der Waals surface area contributed by atoms with Crippen LogP contribution in [-0.4, -0.2) is 16.9 Å². The van der Waals surface area contributed by atoms with E-state index in [0.29, 0.717) is 23.7 Å². The van der Waals surface area contributed by atoms with Gasteiger partial charge in [-0.15, -0.1) is 0 Å². The van der Waals surface area contributed by atoms with Crippen molar-refractivity contribution in [2.24, 2.45) is 5.92 Å². The Balaban J connectivity index is 2.77. The fourth-order valence-corrected chi connectivity index (χ4v) is 1.40. The van der Waals surface area contributed by atoms with Crippen LogP contribution < -0.4 is 4.74 Å². The van der Waals surface area contributed by atoms with Gasteiger partial charge in [0.05, 0.1) is 12.3 Å². The van der Waals surface area contributed by atoms with Gasteiger partial charge in [-0.05, 0) is 25.8 Å². The van der Waals surface area contributed by atoms with Crippen LogP contribution in [0.1, 0.15) is 44.5 Å². The van der Waals surface area contributed by atoms with Gasteiger partial charge in [-0.2, -0.15) is 0 Å². The van der Waals surface area contributed by atoms with Crippen molar-refractivity contribution >= 4 is 5.78 Å². The van der Waals surface area contributed by atoms with Crippen LogP contribution in [0.25, 0.3) is 0 Å². The number of pyridine rings is 1. The lowest BCUT2D eigenvalue weighted by Gasteiger charge is -2.10. The maximum absolute atomic E-state index is 11.8. The Morgan fingerprint density at radius 2 is 2.00 bits per heavy atom. The molecule has 0 atom stereocenters. The number of rotatable bonds is 5. The number of hydrogen-bond donors (Lipinski definition) is 0. The second-order valence-electron chi connectivity index (χ2n) is 4.60. The largest absolute Gasteiger partial charge is 0.489 e. The third kappa shape index (κ3) is 4.01. The van der Waals surface area contributed by atoms with Gasteiger partial charge in [-0.3, -0.25) is 9.78 Å². The van der Waals surface area contributed by atoms with Crippen molar-refractivity contribution in [3.63, 3.8) is 0 Å². The van der Waals surface area contributed by atoms with E-state index in [1.54, 1.807) is 18.5 Å². The number of hydrogen-bond acceptors (Lipinski definition) is 3. The quantitative estimate of drug-likeness (QED) is 0.717. The SMILES string of the molecule is CC(C)CC(=O)c1cncc(OC(C)C)c1. The Morgan fingerprint density at radius 3 is 2.56 bits per heavy atom.